The molecule has 0 radical (unpaired) electrons. The van der Waals surface area contributed by atoms with Crippen LogP contribution in [0, 0.1) is 17.0 Å². The van der Waals surface area contributed by atoms with Crippen LogP contribution < -0.4 is 5.56 Å². The number of nitro groups is 1. The maximum absolute atomic E-state index is 12.4. The molecule has 2 aromatic rings. The minimum absolute atomic E-state index is 0.189. The number of carbonyl (C=O) groups excluding carboxylic acids is 1. The number of pyridine rings is 1. The number of hydrogen-bond acceptors (Lipinski definition) is 7. The number of piperazine rings is 1. The van der Waals surface area contributed by atoms with E-state index in [1.54, 1.807) is 16.2 Å². The van der Waals surface area contributed by atoms with Crippen molar-refractivity contribution in [1.82, 2.24) is 19.4 Å². The van der Waals surface area contributed by atoms with Crippen LogP contribution in [0.3, 0.4) is 0 Å². The molecule has 0 aliphatic carbocycles. The molecule has 0 saturated carbocycles. The van der Waals surface area contributed by atoms with Crippen molar-refractivity contribution in [2.45, 2.75) is 20.0 Å². The zero-order valence-electron chi connectivity index (χ0n) is 14.3. The molecule has 0 atom stereocenters. The molecule has 10 heteroatoms. The Morgan fingerprint density at radius 3 is 2.65 bits per heavy atom. The summed E-state index contributed by atoms with van der Waals surface area (Å²) in [5.41, 5.74) is 0.401. The number of thiazole rings is 1. The topological polar surface area (TPSA) is 102 Å². The van der Waals surface area contributed by atoms with E-state index < -0.39 is 10.5 Å². The van der Waals surface area contributed by atoms with Crippen LogP contribution >= 0.6 is 11.3 Å². The van der Waals surface area contributed by atoms with Crippen molar-refractivity contribution in [1.29, 1.82) is 0 Å². The third kappa shape index (κ3) is 4.33. The Morgan fingerprint density at radius 2 is 2.04 bits per heavy atom. The van der Waals surface area contributed by atoms with Gasteiger partial charge in [-0.15, -0.1) is 11.3 Å². The van der Waals surface area contributed by atoms with E-state index >= 15 is 0 Å². The first-order valence-electron chi connectivity index (χ1n) is 8.18. The highest BCUT2D eigenvalue weighted by molar-refractivity contribution is 7.09. The molecule has 0 N–H and O–H groups in total. The van der Waals surface area contributed by atoms with Gasteiger partial charge in [0, 0.05) is 50.2 Å². The molecule has 9 nitrogen and oxygen atoms in total. The van der Waals surface area contributed by atoms with Crippen molar-refractivity contribution < 1.29 is 9.72 Å². The number of hydrogen-bond donors (Lipinski definition) is 0. The summed E-state index contributed by atoms with van der Waals surface area (Å²) in [6.45, 7) is 5.12. The van der Waals surface area contributed by atoms with Gasteiger partial charge in [0.05, 0.1) is 21.8 Å². The van der Waals surface area contributed by atoms with Crippen molar-refractivity contribution >= 4 is 22.9 Å². The number of rotatable bonds is 5. The number of carbonyl (C=O) groups is 1. The first-order valence-corrected chi connectivity index (χ1v) is 9.06. The normalized spacial score (nSPS) is 15.2. The summed E-state index contributed by atoms with van der Waals surface area (Å²) in [5.74, 6) is -0.211. The Kier molecular flexibility index (Phi) is 5.43. The molecule has 26 heavy (non-hydrogen) atoms. The third-order valence-corrected chi connectivity index (χ3v) is 5.08. The van der Waals surface area contributed by atoms with E-state index in [-0.39, 0.29) is 18.1 Å². The summed E-state index contributed by atoms with van der Waals surface area (Å²) in [4.78, 5) is 42.9. The van der Waals surface area contributed by atoms with Gasteiger partial charge in [-0.2, -0.15) is 0 Å². The van der Waals surface area contributed by atoms with Gasteiger partial charge in [-0.1, -0.05) is 0 Å². The highest BCUT2D eigenvalue weighted by atomic mass is 32.1. The second kappa shape index (κ2) is 7.75. The van der Waals surface area contributed by atoms with Crippen molar-refractivity contribution in [3.8, 4) is 0 Å². The second-order valence-corrected chi connectivity index (χ2v) is 7.19. The van der Waals surface area contributed by atoms with E-state index in [0.29, 0.717) is 13.1 Å². The van der Waals surface area contributed by atoms with Crippen molar-refractivity contribution in [3.63, 3.8) is 0 Å². The molecule has 1 fully saturated rings. The summed E-state index contributed by atoms with van der Waals surface area (Å²) in [6.07, 6.45) is 1.11. The highest BCUT2D eigenvalue weighted by Crippen LogP contribution is 2.13. The summed E-state index contributed by atoms with van der Waals surface area (Å²) in [6, 6.07) is 2.25. The van der Waals surface area contributed by atoms with E-state index in [2.05, 4.69) is 9.88 Å². The predicted molar refractivity (Wildman–Crippen MR) is 96.1 cm³/mol. The molecule has 138 valence electrons. The fourth-order valence-electron chi connectivity index (χ4n) is 2.86. The molecule has 1 amide bonds. The van der Waals surface area contributed by atoms with Gasteiger partial charge in [-0.3, -0.25) is 29.2 Å². The average Bonchev–Trinajstić information content (AvgIpc) is 3.02. The standard InChI is InChI=1S/C16H19N5O4S/c1-12-17-13(11-26-12)8-18-4-6-19(7-5-18)16(23)10-20-9-14(21(24)25)2-3-15(20)22/h2-3,9,11H,4-8,10H2,1H3. The lowest BCUT2D eigenvalue weighted by Gasteiger charge is -2.34. The van der Waals surface area contributed by atoms with Gasteiger partial charge in [0.25, 0.3) is 11.2 Å². The lowest BCUT2D eigenvalue weighted by atomic mass is 10.3. The van der Waals surface area contributed by atoms with E-state index in [0.717, 1.165) is 53.2 Å². The van der Waals surface area contributed by atoms with E-state index in [1.807, 2.05) is 12.3 Å². The molecule has 0 aromatic carbocycles. The molecule has 1 aliphatic heterocycles. The Morgan fingerprint density at radius 1 is 1.31 bits per heavy atom. The first-order chi connectivity index (χ1) is 12.4. The van der Waals surface area contributed by atoms with Gasteiger partial charge >= 0.3 is 0 Å². The zero-order chi connectivity index (χ0) is 18.7. The number of nitrogens with zero attached hydrogens (tertiary/aromatic N) is 5. The van der Waals surface area contributed by atoms with Gasteiger partial charge in [0.2, 0.25) is 5.91 Å². The van der Waals surface area contributed by atoms with Gasteiger partial charge in [-0.25, -0.2) is 4.98 Å². The SMILES string of the molecule is Cc1nc(CN2CCN(C(=O)Cn3cc([N+](=O)[O-])ccc3=O)CC2)cs1. The van der Waals surface area contributed by atoms with Crippen molar-refractivity contribution in [2.75, 3.05) is 26.2 Å². The maximum Gasteiger partial charge on any atom is 0.285 e. The molecule has 0 unspecified atom stereocenters. The lowest BCUT2D eigenvalue weighted by molar-refractivity contribution is -0.385. The lowest BCUT2D eigenvalue weighted by Crippen LogP contribution is -2.49. The number of amides is 1. The Labute approximate surface area is 153 Å². The van der Waals surface area contributed by atoms with Crippen LogP contribution in [-0.2, 0) is 17.9 Å². The summed E-state index contributed by atoms with van der Waals surface area (Å²) in [5, 5.41) is 13.9. The molecule has 1 saturated heterocycles. The predicted octanol–water partition coefficient (Wildman–Crippen LogP) is 0.866. The number of aromatic nitrogens is 2. The quantitative estimate of drug-likeness (QED) is 0.566. The Bertz CT molecular complexity index is 870. The molecule has 1 aliphatic rings. The zero-order valence-corrected chi connectivity index (χ0v) is 15.1. The second-order valence-electron chi connectivity index (χ2n) is 6.13. The van der Waals surface area contributed by atoms with E-state index in [9.17, 15) is 19.7 Å². The first kappa shape index (κ1) is 18.2. The monoisotopic (exact) mass is 377 g/mol. The van der Waals surface area contributed by atoms with Crippen molar-refractivity contribution in [3.05, 3.63) is 54.9 Å². The Balaban J connectivity index is 1.56. The molecular weight excluding hydrogens is 358 g/mol. The summed E-state index contributed by atoms with van der Waals surface area (Å²) < 4.78 is 1.09. The third-order valence-electron chi connectivity index (χ3n) is 4.26. The van der Waals surface area contributed by atoms with Crippen LogP contribution in [0.15, 0.2) is 28.5 Å². The van der Waals surface area contributed by atoms with Gasteiger partial charge in [-0.05, 0) is 6.92 Å². The fourth-order valence-corrected chi connectivity index (χ4v) is 3.47. The van der Waals surface area contributed by atoms with Crippen LogP contribution in [0.2, 0.25) is 0 Å². The van der Waals surface area contributed by atoms with Crippen molar-refractivity contribution in [2.24, 2.45) is 0 Å². The molecule has 2 aromatic heterocycles. The molecule has 3 rings (SSSR count). The molecule has 0 bridgehead atoms. The largest absolute Gasteiger partial charge is 0.339 e. The van der Waals surface area contributed by atoms with E-state index in [1.165, 1.54) is 0 Å². The van der Waals surface area contributed by atoms with Crippen LogP contribution in [0.4, 0.5) is 5.69 Å². The minimum atomic E-state index is -0.584. The number of aryl methyl sites for hydroxylation is 1. The van der Waals surface area contributed by atoms with Gasteiger partial charge in [0.15, 0.2) is 0 Å². The Hall–Kier alpha value is -2.59. The van der Waals surface area contributed by atoms with Gasteiger partial charge < -0.3 is 4.90 Å². The van der Waals surface area contributed by atoms with Gasteiger partial charge in [0.1, 0.15) is 6.54 Å². The minimum Gasteiger partial charge on any atom is -0.339 e. The molecule has 0 spiro atoms. The summed E-state index contributed by atoms with van der Waals surface area (Å²) in [7, 11) is 0. The van der Waals surface area contributed by atoms with Crippen LogP contribution in [0.1, 0.15) is 10.7 Å². The molecular formula is C16H19N5O4S. The van der Waals surface area contributed by atoms with Crippen LogP contribution in [-0.4, -0.2) is 56.4 Å². The maximum atomic E-state index is 12.4. The smallest absolute Gasteiger partial charge is 0.285 e. The average molecular weight is 377 g/mol. The van der Waals surface area contributed by atoms with Crippen LogP contribution in [0.25, 0.3) is 0 Å². The van der Waals surface area contributed by atoms with Crippen LogP contribution in [0.5, 0.6) is 0 Å². The molecule has 3 heterocycles. The summed E-state index contributed by atoms with van der Waals surface area (Å²) >= 11 is 1.62. The highest BCUT2D eigenvalue weighted by Gasteiger charge is 2.22. The van der Waals surface area contributed by atoms with E-state index in [4.69, 9.17) is 0 Å². The fraction of sp³-hybridized carbons (Fsp3) is 0.438.